The number of para-hydroxylation sites is 1. The van der Waals surface area contributed by atoms with Crippen molar-refractivity contribution in [2.75, 3.05) is 18.1 Å². The quantitative estimate of drug-likeness (QED) is 0.737. The second kappa shape index (κ2) is 3.23. The second-order valence-corrected chi connectivity index (χ2v) is 3.25. The van der Waals surface area contributed by atoms with E-state index in [0.717, 1.165) is 12.1 Å². The number of hydrogen-bond acceptors (Lipinski definition) is 2. The number of fused-ring (bicyclic) bond motifs is 1. The maximum Gasteiger partial charge on any atom is 0.0610 e. The summed E-state index contributed by atoms with van der Waals surface area (Å²) in [6, 6.07) is 8.23. The van der Waals surface area contributed by atoms with Gasteiger partial charge in [-0.25, -0.2) is 0 Å². The van der Waals surface area contributed by atoms with Gasteiger partial charge in [0.25, 0.3) is 0 Å². The molecule has 13 heavy (non-hydrogen) atoms. The Morgan fingerprint density at radius 2 is 2.15 bits per heavy atom. The minimum atomic E-state index is 0.174. The third kappa shape index (κ3) is 1.33. The van der Waals surface area contributed by atoms with Crippen LogP contribution in [0.3, 0.4) is 0 Å². The molecule has 0 aliphatic carbocycles. The van der Waals surface area contributed by atoms with Gasteiger partial charge in [-0.15, -0.1) is 0 Å². The van der Waals surface area contributed by atoms with Crippen molar-refractivity contribution in [3.8, 4) is 0 Å². The molecule has 0 saturated heterocycles. The average Bonchev–Trinajstić information content (AvgIpc) is 2.44. The van der Waals surface area contributed by atoms with Crippen molar-refractivity contribution in [3.05, 3.63) is 42.1 Å². The number of rotatable bonds is 2. The van der Waals surface area contributed by atoms with Crippen LogP contribution in [-0.2, 0) is 6.42 Å². The lowest BCUT2D eigenvalue weighted by Gasteiger charge is -2.18. The zero-order valence-corrected chi connectivity index (χ0v) is 7.53. The van der Waals surface area contributed by atoms with Gasteiger partial charge in [0.05, 0.1) is 6.61 Å². The van der Waals surface area contributed by atoms with Crippen LogP contribution >= 0.6 is 0 Å². The predicted octanol–water partition coefficient (Wildman–Crippen LogP) is 1.56. The Labute approximate surface area is 78.1 Å². The van der Waals surface area contributed by atoms with Gasteiger partial charge in [0, 0.05) is 24.4 Å². The van der Waals surface area contributed by atoms with Gasteiger partial charge in [0.2, 0.25) is 0 Å². The first-order valence-electron chi connectivity index (χ1n) is 4.47. The largest absolute Gasteiger partial charge is 0.395 e. The maximum atomic E-state index is 8.89. The van der Waals surface area contributed by atoms with E-state index in [1.165, 1.54) is 11.3 Å². The summed E-state index contributed by atoms with van der Waals surface area (Å²) in [7, 11) is 0. The summed E-state index contributed by atoms with van der Waals surface area (Å²) in [6.45, 7) is 4.81. The standard InChI is InChI=1S/C11H13NO/c1-9-8-10-4-2-3-5-11(10)12(9)6-7-13/h2-5,13H,1,6-8H2. The molecule has 0 unspecified atom stereocenters. The molecule has 2 nitrogen and oxygen atoms in total. The van der Waals surface area contributed by atoms with Crippen LogP contribution in [0, 0.1) is 0 Å². The molecule has 68 valence electrons. The van der Waals surface area contributed by atoms with E-state index in [0.29, 0.717) is 6.54 Å². The van der Waals surface area contributed by atoms with Gasteiger partial charge in [-0.2, -0.15) is 0 Å². The fraction of sp³-hybridized carbons (Fsp3) is 0.273. The summed E-state index contributed by atoms with van der Waals surface area (Å²) in [6.07, 6.45) is 0.913. The molecule has 1 heterocycles. The smallest absolute Gasteiger partial charge is 0.0610 e. The van der Waals surface area contributed by atoms with Crippen LogP contribution in [0.25, 0.3) is 0 Å². The highest BCUT2D eigenvalue weighted by Gasteiger charge is 2.20. The molecular formula is C11H13NO. The van der Waals surface area contributed by atoms with Crippen molar-refractivity contribution in [1.82, 2.24) is 0 Å². The van der Waals surface area contributed by atoms with E-state index < -0.39 is 0 Å². The molecule has 0 fully saturated rings. The van der Waals surface area contributed by atoms with Gasteiger partial charge in [0.15, 0.2) is 0 Å². The molecule has 0 bridgehead atoms. The predicted molar refractivity (Wildman–Crippen MR) is 53.7 cm³/mol. The summed E-state index contributed by atoms with van der Waals surface area (Å²) in [5.41, 5.74) is 3.58. The van der Waals surface area contributed by atoms with Crippen LogP contribution < -0.4 is 4.90 Å². The Kier molecular flexibility index (Phi) is 2.07. The topological polar surface area (TPSA) is 23.5 Å². The van der Waals surface area contributed by atoms with Crippen LogP contribution in [0.15, 0.2) is 36.5 Å². The van der Waals surface area contributed by atoms with Gasteiger partial charge in [-0.3, -0.25) is 0 Å². The molecule has 0 amide bonds. The van der Waals surface area contributed by atoms with Crippen molar-refractivity contribution in [2.45, 2.75) is 6.42 Å². The molecule has 0 atom stereocenters. The fourth-order valence-corrected chi connectivity index (χ4v) is 1.79. The number of aliphatic hydroxyl groups is 1. The number of anilines is 1. The Hall–Kier alpha value is -1.28. The van der Waals surface area contributed by atoms with Gasteiger partial charge < -0.3 is 10.0 Å². The van der Waals surface area contributed by atoms with Crippen LogP contribution in [0.1, 0.15) is 5.56 Å². The van der Waals surface area contributed by atoms with E-state index in [-0.39, 0.29) is 6.61 Å². The molecule has 1 aliphatic heterocycles. The lowest BCUT2D eigenvalue weighted by Crippen LogP contribution is -2.21. The van der Waals surface area contributed by atoms with Crippen LogP contribution in [0.5, 0.6) is 0 Å². The highest BCUT2D eigenvalue weighted by molar-refractivity contribution is 5.64. The zero-order chi connectivity index (χ0) is 9.26. The SMILES string of the molecule is C=C1Cc2ccccc2N1CCO. The van der Waals surface area contributed by atoms with E-state index in [4.69, 9.17) is 5.11 Å². The minimum Gasteiger partial charge on any atom is -0.395 e. The van der Waals surface area contributed by atoms with E-state index in [1.807, 2.05) is 12.1 Å². The summed E-state index contributed by atoms with van der Waals surface area (Å²) in [5.74, 6) is 0. The number of aliphatic hydroxyl groups excluding tert-OH is 1. The summed E-state index contributed by atoms with van der Waals surface area (Å²) in [4.78, 5) is 2.08. The van der Waals surface area contributed by atoms with E-state index in [1.54, 1.807) is 0 Å². The highest BCUT2D eigenvalue weighted by Crippen LogP contribution is 2.32. The van der Waals surface area contributed by atoms with Crippen molar-refractivity contribution >= 4 is 5.69 Å². The average molecular weight is 175 g/mol. The first-order valence-corrected chi connectivity index (χ1v) is 4.47. The molecule has 0 aromatic heterocycles. The molecule has 1 N–H and O–H groups in total. The molecule has 0 radical (unpaired) electrons. The van der Waals surface area contributed by atoms with E-state index >= 15 is 0 Å². The van der Waals surface area contributed by atoms with Crippen LogP contribution in [0.2, 0.25) is 0 Å². The third-order valence-electron chi connectivity index (χ3n) is 2.38. The lowest BCUT2D eigenvalue weighted by atomic mass is 10.1. The van der Waals surface area contributed by atoms with Crippen molar-refractivity contribution in [1.29, 1.82) is 0 Å². The monoisotopic (exact) mass is 175 g/mol. The fourth-order valence-electron chi connectivity index (χ4n) is 1.79. The molecular weight excluding hydrogens is 162 g/mol. The summed E-state index contributed by atoms with van der Waals surface area (Å²) >= 11 is 0. The van der Waals surface area contributed by atoms with Crippen LogP contribution in [0.4, 0.5) is 5.69 Å². The second-order valence-electron chi connectivity index (χ2n) is 3.25. The summed E-state index contributed by atoms with van der Waals surface area (Å²) < 4.78 is 0. The number of benzene rings is 1. The minimum absolute atomic E-state index is 0.174. The molecule has 1 aromatic rings. The normalized spacial score (nSPS) is 14.8. The Morgan fingerprint density at radius 3 is 2.92 bits per heavy atom. The molecule has 1 aromatic carbocycles. The lowest BCUT2D eigenvalue weighted by molar-refractivity contribution is 0.305. The van der Waals surface area contributed by atoms with Crippen molar-refractivity contribution < 1.29 is 5.11 Å². The zero-order valence-electron chi connectivity index (χ0n) is 7.53. The molecule has 1 aliphatic rings. The highest BCUT2D eigenvalue weighted by atomic mass is 16.3. The van der Waals surface area contributed by atoms with Gasteiger partial charge in [-0.1, -0.05) is 24.8 Å². The third-order valence-corrected chi connectivity index (χ3v) is 2.38. The number of hydrogen-bond donors (Lipinski definition) is 1. The van der Waals surface area contributed by atoms with Gasteiger partial charge in [-0.05, 0) is 11.6 Å². The number of β-amino-alcohol motifs (C(OH)–C–C–N with tert-alkyl or cyclic N) is 1. The molecule has 2 heteroatoms. The van der Waals surface area contributed by atoms with E-state index in [9.17, 15) is 0 Å². The molecule has 0 spiro atoms. The van der Waals surface area contributed by atoms with Crippen LogP contribution in [-0.4, -0.2) is 18.3 Å². The van der Waals surface area contributed by atoms with Gasteiger partial charge >= 0.3 is 0 Å². The summed E-state index contributed by atoms with van der Waals surface area (Å²) in [5, 5.41) is 8.89. The number of allylic oxidation sites excluding steroid dienone is 1. The Morgan fingerprint density at radius 1 is 1.38 bits per heavy atom. The van der Waals surface area contributed by atoms with E-state index in [2.05, 4.69) is 23.6 Å². The van der Waals surface area contributed by atoms with Gasteiger partial charge in [0.1, 0.15) is 0 Å². The first-order chi connectivity index (χ1) is 6.33. The first kappa shape index (κ1) is 8.32. The molecule has 2 rings (SSSR count). The number of nitrogens with zero attached hydrogens (tertiary/aromatic N) is 1. The molecule has 0 saturated carbocycles. The Balaban J connectivity index is 2.35. The Bertz CT molecular complexity index is 333. The maximum absolute atomic E-state index is 8.89. The van der Waals surface area contributed by atoms with Crippen molar-refractivity contribution in [3.63, 3.8) is 0 Å². The van der Waals surface area contributed by atoms with Crippen molar-refractivity contribution in [2.24, 2.45) is 0 Å².